The molecule has 1 aromatic carbocycles. The predicted octanol–water partition coefficient (Wildman–Crippen LogP) is 2.83. The molecule has 0 saturated carbocycles. The van der Waals surface area contributed by atoms with Crippen LogP contribution in [0, 0.1) is 10.1 Å². The van der Waals surface area contributed by atoms with Gasteiger partial charge in [-0.25, -0.2) is 4.98 Å². The van der Waals surface area contributed by atoms with Crippen molar-refractivity contribution in [3.63, 3.8) is 0 Å². The van der Waals surface area contributed by atoms with Crippen LogP contribution >= 0.6 is 11.3 Å². The standard InChI is InChI=1S/C12H13N3O2S/c1-2-13-7-9-8-18-12(14-9)10-5-3-4-6-11(10)15(16)17/h3-6,8,13H,2,7H2,1H3. The Labute approximate surface area is 109 Å². The van der Waals surface area contributed by atoms with Gasteiger partial charge in [0.05, 0.1) is 16.2 Å². The number of thiazole rings is 1. The molecule has 0 unspecified atom stereocenters. The van der Waals surface area contributed by atoms with Gasteiger partial charge in [-0.05, 0) is 12.6 Å². The summed E-state index contributed by atoms with van der Waals surface area (Å²) in [5.41, 5.74) is 1.59. The van der Waals surface area contributed by atoms with E-state index in [1.807, 2.05) is 12.3 Å². The minimum absolute atomic E-state index is 0.0989. The molecular weight excluding hydrogens is 250 g/mol. The molecule has 0 aliphatic rings. The average molecular weight is 263 g/mol. The topological polar surface area (TPSA) is 68.1 Å². The summed E-state index contributed by atoms with van der Waals surface area (Å²) in [4.78, 5) is 15.0. The van der Waals surface area contributed by atoms with E-state index in [-0.39, 0.29) is 10.6 Å². The van der Waals surface area contributed by atoms with E-state index in [9.17, 15) is 10.1 Å². The highest BCUT2D eigenvalue weighted by atomic mass is 32.1. The van der Waals surface area contributed by atoms with E-state index >= 15 is 0 Å². The lowest BCUT2D eigenvalue weighted by Gasteiger charge is -1.98. The van der Waals surface area contributed by atoms with Crippen LogP contribution in [0.2, 0.25) is 0 Å². The lowest BCUT2D eigenvalue weighted by molar-refractivity contribution is -0.384. The van der Waals surface area contributed by atoms with Crippen molar-refractivity contribution in [1.82, 2.24) is 10.3 Å². The van der Waals surface area contributed by atoms with Gasteiger partial charge in [0.15, 0.2) is 0 Å². The molecule has 0 saturated heterocycles. The largest absolute Gasteiger partial charge is 0.311 e. The minimum atomic E-state index is -0.374. The number of hydrogen-bond donors (Lipinski definition) is 1. The van der Waals surface area contributed by atoms with Gasteiger partial charge in [-0.2, -0.15) is 0 Å². The van der Waals surface area contributed by atoms with Gasteiger partial charge < -0.3 is 5.32 Å². The summed E-state index contributed by atoms with van der Waals surface area (Å²) in [5.74, 6) is 0. The van der Waals surface area contributed by atoms with Gasteiger partial charge in [-0.3, -0.25) is 10.1 Å². The lowest BCUT2D eigenvalue weighted by atomic mass is 10.2. The second-order valence-corrected chi connectivity index (χ2v) is 4.56. The highest BCUT2D eigenvalue weighted by Gasteiger charge is 2.16. The Morgan fingerprint density at radius 1 is 1.44 bits per heavy atom. The summed E-state index contributed by atoms with van der Waals surface area (Å²) >= 11 is 1.43. The van der Waals surface area contributed by atoms with Crippen molar-refractivity contribution in [2.45, 2.75) is 13.5 Å². The molecule has 18 heavy (non-hydrogen) atoms. The number of benzene rings is 1. The Bertz CT molecular complexity index is 554. The third-order valence-corrected chi connectivity index (χ3v) is 3.36. The molecule has 0 spiro atoms. The normalized spacial score (nSPS) is 10.5. The van der Waals surface area contributed by atoms with Crippen LogP contribution in [0.4, 0.5) is 5.69 Å². The first kappa shape index (κ1) is 12.7. The van der Waals surface area contributed by atoms with Crippen LogP contribution in [0.25, 0.3) is 10.6 Å². The fourth-order valence-electron chi connectivity index (χ4n) is 1.58. The summed E-state index contributed by atoms with van der Waals surface area (Å²) in [6.07, 6.45) is 0. The Kier molecular flexibility index (Phi) is 4.01. The van der Waals surface area contributed by atoms with Crippen LogP contribution in [-0.4, -0.2) is 16.5 Å². The molecule has 0 aliphatic heterocycles. The second-order valence-electron chi connectivity index (χ2n) is 3.70. The monoisotopic (exact) mass is 263 g/mol. The fraction of sp³-hybridized carbons (Fsp3) is 0.250. The Balaban J connectivity index is 2.31. The molecule has 1 heterocycles. The first-order valence-corrected chi connectivity index (χ1v) is 6.49. The number of hydrogen-bond acceptors (Lipinski definition) is 5. The number of nitro groups is 1. The number of para-hydroxylation sites is 1. The maximum absolute atomic E-state index is 10.9. The average Bonchev–Trinajstić information content (AvgIpc) is 2.85. The summed E-state index contributed by atoms with van der Waals surface area (Å²) in [5, 5.41) is 16.7. The third-order valence-electron chi connectivity index (χ3n) is 2.44. The zero-order valence-corrected chi connectivity index (χ0v) is 10.7. The molecule has 0 aliphatic carbocycles. The highest BCUT2D eigenvalue weighted by Crippen LogP contribution is 2.31. The molecular formula is C12H13N3O2S. The zero-order valence-electron chi connectivity index (χ0n) is 9.92. The van der Waals surface area contributed by atoms with Gasteiger partial charge in [-0.1, -0.05) is 19.1 Å². The fourth-order valence-corrected chi connectivity index (χ4v) is 2.43. The summed E-state index contributed by atoms with van der Waals surface area (Å²) in [7, 11) is 0. The molecule has 94 valence electrons. The minimum Gasteiger partial charge on any atom is -0.311 e. The molecule has 0 radical (unpaired) electrons. The van der Waals surface area contributed by atoms with Crippen LogP contribution in [0.3, 0.4) is 0 Å². The van der Waals surface area contributed by atoms with Gasteiger partial charge in [0, 0.05) is 18.0 Å². The first-order chi connectivity index (χ1) is 8.72. The molecule has 0 bridgehead atoms. The Morgan fingerprint density at radius 2 is 2.22 bits per heavy atom. The number of aromatic nitrogens is 1. The second kappa shape index (κ2) is 5.70. The first-order valence-electron chi connectivity index (χ1n) is 5.61. The smallest absolute Gasteiger partial charge is 0.279 e. The van der Waals surface area contributed by atoms with Crippen LogP contribution in [0.15, 0.2) is 29.6 Å². The Hall–Kier alpha value is -1.79. The van der Waals surface area contributed by atoms with E-state index in [1.165, 1.54) is 17.4 Å². The van der Waals surface area contributed by atoms with Crippen molar-refractivity contribution in [2.24, 2.45) is 0 Å². The number of nitro benzene ring substituents is 1. The van der Waals surface area contributed by atoms with Crippen LogP contribution in [0.5, 0.6) is 0 Å². The highest BCUT2D eigenvalue weighted by molar-refractivity contribution is 7.13. The maximum Gasteiger partial charge on any atom is 0.279 e. The quantitative estimate of drug-likeness (QED) is 0.665. The van der Waals surface area contributed by atoms with Crippen molar-refractivity contribution >= 4 is 17.0 Å². The maximum atomic E-state index is 10.9. The van der Waals surface area contributed by atoms with Gasteiger partial charge >= 0.3 is 0 Å². The number of nitrogens with zero attached hydrogens (tertiary/aromatic N) is 2. The van der Waals surface area contributed by atoms with Crippen LogP contribution in [0.1, 0.15) is 12.6 Å². The molecule has 1 N–H and O–H groups in total. The van der Waals surface area contributed by atoms with Gasteiger partial charge in [0.2, 0.25) is 0 Å². The third kappa shape index (κ3) is 2.72. The van der Waals surface area contributed by atoms with Crippen molar-refractivity contribution in [3.8, 4) is 10.6 Å². The zero-order chi connectivity index (χ0) is 13.0. The van der Waals surface area contributed by atoms with E-state index in [4.69, 9.17) is 0 Å². The lowest BCUT2D eigenvalue weighted by Crippen LogP contribution is -2.11. The summed E-state index contributed by atoms with van der Waals surface area (Å²) in [6.45, 7) is 3.58. The van der Waals surface area contributed by atoms with Crippen LogP contribution < -0.4 is 5.32 Å². The van der Waals surface area contributed by atoms with E-state index in [0.29, 0.717) is 17.1 Å². The van der Waals surface area contributed by atoms with Gasteiger partial charge in [0.1, 0.15) is 5.01 Å². The molecule has 5 nitrogen and oxygen atoms in total. The number of rotatable bonds is 5. The van der Waals surface area contributed by atoms with Crippen molar-refractivity contribution < 1.29 is 4.92 Å². The SMILES string of the molecule is CCNCc1csc(-c2ccccc2[N+](=O)[O-])n1. The molecule has 1 aromatic heterocycles. The van der Waals surface area contributed by atoms with E-state index in [1.54, 1.807) is 18.2 Å². The van der Waals surface area contributed by atoms with Gasteiger partial charge in [0.25, 0.3) is 5.69 Å². The molecule has 0 amide bonds. The molecule has 2 rings (SSSR count). The van der Waals surface area contributed by atoms with E-state index in [2.05, 4.69) is 10.3 Å². The Morgan fingerprint density at radius 3 is 2.94 bits per heavy atom. The molecule has 0 fully saturated rings. The van der Waals surface area contributed by atoms with Crippen molar-refractivity contribution in [2.75, 3.05) is 6.54 Å². The molecule has 6 heteroatoms. The number of nitrogens with one attached hydrogen (secondary N) is 1. The summed E-state index contributed by atoms with van der Waals surface area (Å²) in [6, 6.07) is 6.68. The van der Waals surface area contributed by atoms with E-state index < -0.39 is 0 Å². The van der Waals surface area contributed by atoms with Crippen molar-refractivity contribution in [1.29, 1.82) is 0 Å². The van der Waals surface area contributed by atoms with Crippen molar-refractivity contribution in [3.05, 3.63) is 45.5 Å². The molecule has 2 aromatic rings. The predicted molar refractivity (Wildman–Crippen MR) is 71.6 cm³/mol. The molecule has 0 atom stereocenters. The van der Waals surface area contributed by atoms with Gasteiger partial charge in [-0.15, -0.1) is 11.3 Å². The van der Waals surface area contributed by atoms with E-state index in [0.717, 1.165) is 12.2 Å². The van der Waals surface area contributed by atoms with Crippen LogP contribution in [-0.2, 0) is 6.54 Å². The summed E-state index contributed by atoms with van der Waals surface area (Å²) < 4.78 is 0.